The molecule has 0 aliphatic carbocycles. The molecule has 0 bridgehead atoms. The predicted molar refractivity (Wildman–Crippen MR) is 103 cm³/mol. The molecule has 0 radical (unpaired) electrons. The van der Waals surface area contributed by atoms with E-state index in [0.717, 1.165) is 4.47 Å². The number of amides is 3. The fourth-order valence-electron chi connectivity index (χ4n) is 2.77. The quantitative estimate of drug-likeness (QED) is 0.507. The normalized spacial score (nSPS) is 16.4. The van der Waals surface area contributed by atoms with Crippen LogP contribution in [0.15, 0.2) is 64.3 Å². The molecule has 0 unspecified atom stereocenters. The molecule has 3 amide bonds. The second kappa shape index (κ2) is 7.58. The van der Waals surface area contributed by atoms with Gasteiger partial charge in [0.25, 0.3) is 11.6 Å². The van der Waals surface area contributed by atoms with Gasteiger partial charge in [0.15, 0.2) is 0 Å². The summed E-state index contributed by atoms with van der Waals surface area (Å²) in [5, 5.41) is 18.9. The van der Waals surface area contributed by atoms with E-state index >= 15 is 0 Å². The van der Waals surface area contributed by atoms with E-state index in [4.69, 9.17) is 0 Å². The van der Waals surface area contributed by atoms with E-state index in [1.807, 2.05) is 0 Å². The Kier molecular flexibility index (Phi) is 5.22. The lowest BCUT2D eigenvalue weighted by molar-refractivity contribution is -0.384. The molecule has 27 heavy (non-hydrogen) atoms. The minimum absolute atomic E-state index is 0.0689. The van der Waals surface area contributed by atoms with Gasteiger partial charge >= 0.3 is 6.03 Å². The van der Waals surface area contributed by atoms with E-state index in [1.165, 1.54) is 24.3 Å². The molecular formula is C18H15BrN4O4. The van der Waals surface area contributed by atoms with Crippen LogP contribution in [0.2, 0.25) is 0 Å². The first-order valence-electron chi connectivity index (χ1n) is 7.94. The summed E-state index contributed by atoms with van der Waals surface area (Å²) in [6, 6.07) is 11.6. The van der Waals surface area contributed by atoms with Crippen molar-refractivity contribution in [2.24, 2.45) is 0 Å². The molecule has 8 nitrogen and oxygen atoms in total. The fraction of sp³-hybridized carbons (Fsp3) is 0.111. The van der Waals surface area contributed by atoms with Crippen LogP contribution in [0.25, 0.3) is 0 Å². The topological polar surface area (TPSA) is 113 Å². The largest absolute Gasteiger partial charge is 0.327 e. The third kappa shape index (κ3) is 4.14. The number of nitro benzene ring substituents is 1. The number of urea groups is 1. The number of nitrogens with zero attached hydrogens (tertiary/aromatic N) is 1. The molecule has 9 heteroatoms. The maximum absolute atomic E-state index is 12.8. The predicted octanol–water partition coefficient (Wildman–Crippen LogP) is 3.62. The fourth-order valence-corrected chi connectivity index (χ4v) is 3.03. The van der Waals surface area contributed by atoms with Crippen LogP contribution in [0.3, 0.4) is 0 Å². The van der Waals surface area contributed by atoms with Gasteiger partial charge in [-0.25, -0.2) is 4.79 Å². The highest BCUT2D eigenvalue weighted by atomic mass is 79.9. The summed E-state index contributed by atoms with van der Waals surface area (Å²) in [5.74, 6) is -0.384. The standard InChI is InChI=1S/C18H15BrN4O4/c1-10-15(17(24)21-13-6-4-12(19)5-7-13)16(22-18(25)20-10)11-2-8-14(9-3-11)23(26)27/h2-9,16H,1H3,(H,21,24)(H2,20,22,25)/t16-/m0/s1. The molecule has 0 saturated heterocycles. The number of carbonyl (C=O) groups is 2. The number of halogens is 1. The van der Waals surface area contributed by atoms with E-state index in [9.17, 15) is 19.7 Å². The summed E-state index contributed by atoms with van der Waals surface area (Å²) >= 11 is 3.33. The maximum atomic E-state index is 12.8. The number of non-ortho nitro benzene ring substituents is 1. The van der Waals surface area contributed by atoms with Gasteiger partial charge in [0.2, 0.25) is 0 Å². The van der Waals surface area contributed by atoms with Gasteiger partial charge in [-0.15, -0.1) is 0 Å². The number of nitrogens with one attached hydrogen (secondary N) is 3. The van der Waals surface area contributed by atoms with E-state index in [1.54, 1.807) is 31.2 Å². The minimum atomic E-state index is -0.727. The van der Waals surface area contributed by atoms with Crippen LogP contribution >= 0.6 is 15.9 Å². The summed E-state index contributed by atoms with van der Waals surface area (Å²) in [5.41, 5.74) is 1.84. The lowest BCUT2D eigenvalue weighted by atomic mass is 9.94. The molecule has 2 aromatic rings. The van der Waals surface area contributed by atoms with Gasteiger partial charge in [-0.2, -0.15) is 0 Å². The summed E-state index contributed by atoms with van der Waals surface area (Å²) in [6.45, 7) is 1.63. The minimum Gasteiger partial charge on any atom is -0.327 e. The van der Waals surface area contributed by atoms with Gasteiger partial charge in [0.05, 0.1) is 16.5 Å². The van der Waals surface area contributed by atoms with E-state index < -0.39 is 17.0 Å². The van der Waals surface area contributed by atoms with Crippen molar-refractivity contribution in [2.45, 2.75) is 13.0 Å². The highest BCUT2D eigenvalue weighted by molar-refractivity contribution is 9.10. The second-order valence-electron chi connectivity index (χ2n) is 5.88. The maximum Gasteiger partial charge on any atom is 0.319 e. The number of carbonyl (C=O) groups excluding carboxylic acids is 2. The second-order valence-corrected chi connectivity index (χ2v) is 6.80. The Bertz CT molecular complexity index is 939. The van der Waals surface area contributed by atoms with Gasteiger partial charge in [-0.1, -0.05) is 15.9 Å². The van der Waals surface area contributed by atoms with Crippen molar-refractivity contribution in [1.29, 1.82) is 0 Å². The Balaban J connectivity index is 1.92. The average Bonchev–Trinajstić information content (AvgIpc) is 2.63. The van der Waals surface area contributed by atoms with Gasteiger partial charge in [0.1, 0.15) is 0 Å². The first-order valence-corrected chi connectivity index (χ1v) is 8.74. The number of hydrogen-bond acceptors (Lipinski definition) is 4. The van der Waals surface area contributed by atoms with Crippen molar-refractivity contribution in [3.63, 3.8) is 0 Å². The number of rotatable bonds is 4. The van der Waals surface area contributed by atoms with Crippen LogP contribution in [-0.4, -0.2) is 16.9 Å². The number of nitro groups is 1. The first kappa shape index (κ1) is 18.6. The van der Waals surface area contributed by atoms with Gasteiger partial charge in [-0.05, 0) is 48.9 Å². The van der Waals surface area contributed by atoms with Crippen LogP contribution < -0.4 is 16.0 Å². The summed E-state index contributed by atoms with van der Waals surface area (Å²) in [6.07, 6.45) is 0. The Morgan fingerprint density at radius 2 is 1.78 bits per heavy atom. The van der Waals surface area contributed by atoms with Crippen LogP contribution in [0, 0.1) is 10.1 Å². The zero-order valence-electron chi connectivity index (χ0n) is 14.2. The molecule has 1 heterocycles. The van der Waals surface area contributed by atoms with Crippen LogP contribution in [0.5, 0.6) is 0 Å². The van der Waals surface area contributed by atoms with E-state index in [2.05, 4.69) is 31.9 Å². The van der Waals surface area contributed by atoms with Gasteiger partial charge < -0.3 is 16.0 Å². The average molecular weight is 431 g/mol. The Morgan fingerprint density at radius 3 is 2.37 bits per heavy atom. The van der Waals surface area contributed by atoms with Crippen molar-refractivity contribution in [3.05, 3.63) is 80.0 Å². The number of anilines is 1. The van der Waals surface area contributed by atoms with Crippen LogP contribution in [0.1, 0.15) is 18.5 Å². The Labute approximate surface area is 162 Å². The number of allylic oxidation sites excluding steroid dienone is 1. The summed E-state index contributed by atoms with van der Waals surface area (Å²) in [4.78, 5) is 35.1. The molecule has 3 rings (SSSR count). The van der Waals surface area contributed by atoms with Crippen LogP contribution in [0.4, 0.5) is 16.2 Å². The molecule has 0 fully saturated rings. The first-order chi connectivity index (χ1) is 12.8. The highest BCUT2D eigenvalue weighted by Gasteiger charge is 2.31. The van der Waals surface area contributed by atoms with Crippen LogP contribution in [-0.2, 0) is 4.79 Å². The zero-order chi connectivity index (χ0) is 19.6. The molecule has 0 spiro atoms. The molecule has 1 aliphatic heterocycles. The summed E-state index contributed by atoms with van der Waals surface area (Å²) < 4.78 is 0.881. The Hall–Kier alpha value is -3.20. The molecule has 138 valence electrons. The van der Waals surface area contributed by atoms with Crippen molar-refractivity contribution >= 4 is 39.2 Å². The molecule has 1 atom stereocenters. The molecule has 0 aromatic heterocycles. The van der Waals surface area contributed by atoms with Gasteiger partial charge in [0, 0.05) is 28.0 Å². The molecule has 2 aromatic carbocycles. The molecule has 0 saturated carbocycles. The smallest absolute Gasteiger partial charge is 0.319 e. The number of hydrogen-bond donors (Lipinski definition) is 3. The van der Waals surface area contributed by atoms with E-state index in [0.29, 0.717) is 22.5 Å². The zero-order valence-corrected chi connectivity index (χ0v) is 15.7. The Morgan fingerprint density at radius 1 is 1.15 bits per heavy atom. The van der Waals surface area contributed by atoms with Crippen molar-refractivity contribution in [2.75, 3.05) is 5.32 Å². The SMILES string of the molecule is CC1=C(C(=O)Nc2ccc(Br)cc2)[C@H](c2ccc([N+](=O)[O-])cc2)NC(=O)N1. The highest BCUT2D eigenvalue weighted by Crippen LogP contribution is 2.29. The van der Waals surface area contributed by atoms with Crippen molar-refractivity contribution < 1.29 is 14.5 Å². The molecular weight excluding hydrogens is 416 g/mol. The monoisotopic (exact) mass is 430 g/mol. The lowest BCUT2D eigenvalue weighted by Crippen LogP contribution is -2.45. The third-order valence-corrected chi connectivity index (χ3v) is 4.58. The molecule has 1 aliphatic rings. The van der Waals surface area contributed by atoms with E-state index in [-0.39, 0.29) is 11.6 Å². The van der Waals surface area contributed by atoms with Crippen molar-refractivity contribution in [3.8, 4) is 0 Å². The lowest BCUT2D eigenvalue weighted by Gasteiger charge is -2.28. The number of benzene rings is 2. The summed E-state index contributed by atoms with van der Waals surface area (Å²) in [7, 11) is 0. The third-order valence-electron chi connectivity index (χ3n) is 4.05. The van der Waals surface area contributed by atoms with Gasteiger partial charge in [-0.3, -0.25) is 14.9 Å². The van der Waals surface area contributed by atoms with Crippen molar-refractivity contribution in [1.82, 2.24) is 10.6 Å². The molecule has 3 N–H and O–H groups in total.